The molecular formula is C13H21BrCl2FN3O2S. The highest BCUT2D eigenvalue weighted by atomic mass is 79.9. The third-order valence-corrected chi connectivity index (χ3v) is 5.46. The van der Waals surface area contributed by atoms with Gasteiger partial charge in [-0.3, -0.25) is 0 Å². The summed E-state index contributed by atoms with van der Waals surface area (Å²) in [6, 6.07) is 3.79. The maximum Gasteiger partial charge on any atom is 0.240 e. The largest absolute Gasteiger partial charge is 0.314 e. The van der Waals surface area contributed by atoms with Gasteiger partial charge in [0.15, 0.2) is 0 Å². The molecule has 0 saturated carbocycles. The van der Waals surface area contributed by atoms with Gasteiger partial charge in [-0.05, 0) is 47.1 Å². The molecule has 1 heterocycles. The molecule has 0 atom stereocenters. The van der Waals surface area contributed by atoms with Gasteiger partial charge in [0.2, 0.25) is 10.0 Å². The summed E-state index contributed by atoms with van der Waals surface area (Å²) in [4.78, 5) is 2.25. The summed E-state index contributed by atoms with van der Waals surface area (Å²) >= 11 is 3.00. The van der Waals surface area contributed by atoms with Crippen LogP contribution in [0.3, 0.4) is 0 Å². The van der Waals surface area contributed by atoms with Crippen LogP contribution in [0, 0.1) is 5.82 Å². The van der Waals surface area contributed by atoms with Gasteiger partial charge in [-0.2, -0.15) is 0 Å². The fourth-order valence-corrected chi connectivity index (χ4v) is 3.50. The summed E-state index contributed by atoms with van der Waals surface area (Å²) in [5, 5.41) is 3.27. The molecule has 1 aliphatic heterocycles. The Labute approximate surface area is 157 Å². The van der Waals surface area contributed by atoms with Crippen molar-refractivity contribution in [3.63, 3.8) is 0 Å². The number of halogens is 4. The number of sulfonamides is 1. The second-order valence-electron chi connectivity index (χ2n) is 4.92. The molecule has 0 bridgehead atoms. The molecule has 134 valence electrons. The van der Waals surface area contributed by atoms with E-state index < -0.39 is 15.8 Å². The van der Waals surface area contributed by atoms with Crippen molar-refractivity contribution >= 4 is 50.8 Å². The van der Waals surface area contributed by atoms with Gasteiger partial charge >= 0.3 is 0 Å². The molecule has 1 aromatic rings. The number of nitrogens with one attached hydrogen (secondary N) is 2. The van der Waals surface area contributed by atoms with Crippen molar-refractivity contribution in [2.24, 2.45) is 0 Å². The SMILES string of the molecule is Cl.Cl.O=S(=O)(NCCCN1CCNCC1)c1ccc(Br)c(F)c1. The Morgan fingerprint density at radius 2 is 1.91 bits per heavy atom. The van der Waals surface area contributed by atoms with E-state index in [0.29, 0.717) is 6.54 Å². The summed E-state index contributed by atoms with van der Waals surface area (Å²) in [7, 11) is -3.64. The molecule has 5 nitrogen and oxygen atoms in total. The molecule has 2 N–H and O–H groups in total. The van der Waals surface area contributed by atoms with Crippen molar-refractivity contribution in [3.05, 3.63) is 28.5 Å². The molecule has 23 heavy (non-hydrogen) atoms. The van der Waals surface area contributed by atoms with E-state index in [4.69, 9.17) is 0 Å². The third-order valence-electron chi connectivity index (χ3n) is 3.35. The predicted octanol–water partition coefficient (Wildman–Crippen LogP) is 2.01. The van der Waals surface area contributed by atoms with Gasteiger partial charge in [0, 0.05) is 32.7 Å². The Bertz CT molecular complexity index is 587. The standard InChI is InChI=1S/C13H19BrFN3O2S.2ClH/c14-12-3-2-11(10-13(12)15)21(19,20)17-4-1-7-18-8-5-16-6-9-18;;/h2-3,10,16-17H,1,4-9H2;2*1H. The highest BCUT2D eigenvalue weighted by Gasteiger charge is 2.15. The number of hydrogen-bond acceptors (Lipinski definition) is 4. The molecule has 1 saturated heterocycles. The van der Waals surface area contributed by atoms with Crippen LogP contribution in [0.5, 0.6) is 0 Å². The first-order valence-corrected chi connectivity index (χ1v) is 9.14. The number of rotatable bonds is 6. The van der Waals surface area contributed by atoms with Crippen LogP contribution < -0.4 is 10.0 Å². The number of piperazine rings is 1. The molecule has 0 radical (unpaired) electrons. The molecule has 0 unspecified atom stereocenters. The highest BCUT2D eigenvalue weighted by Crippen LogP contribution is 2.19. The van der Waals surface area contributed by atoms with E-state index in [1.165, 1.54) is 12.1 Å². The van der Waals surface area contributed by atoms with Crippen molar-refractivity contribution < 1.29 is 12.8 Å². The zero-order valence-corrected chi connectivity index (χ0v) is 16.5. The Morgan fingerprint density at radius 3 is 2.52 bits per heavy atom. The van der Waals surface area contributed by atoms with Crippen LogP contribution in [0.25, 0.3) is 0 Å². The Hall–Kier alpha value is 0.0400. The van der Waals surface area contributed by atoms with E-state index in [1.807, 2.05) is 0 Å². The zero-order chi connectivity index (χ0) is 15.3. The molecule has 1 fully saturated rings. The summed E-state index contributed by atoms with van der Waals surface area (Å²) in [5.74, 6) is -0.585. The van der Waals surface area contributed by atoms with Crippen LogP contribution in [0.15, 0.2) is 27.6 Å². The first-order valence-electron chi connectivity index (χ1n) is 6.87. The third kappa shape index (κ3) is 7.21. The quantitative estimate of drug-likeness (QED) is 0.648. The van der Waals surface area contributed by atoms with Crippen molar-refractivity contribution in [3.8, 4) is 0 Å². The molecule has 10 heteroatoms. The van der Waals surface area contributed by atoms with Gasteiger partial charge in [-0.15, -0.1) is 24.8 Å². The molecule has 0 amide bonds. The predicted molar refractivity (Wildman–Crippen MR) is 97.7 cm³/mol. The van der Waals surface area contributed by atoms with Crippen molar-refractivity contribution in [2.75, 3.05) is 39.3 Å². The van der Waals surface area contributed by atoms with Gasteiger partial charge in [0.05, 0.1) is 9.37 Å². The summed E-state index contributed by atoms with van der Waals surface area (Å²) in [6.45, 7) is 5.14. The second-order valence-corrected chi connectivity index (χ2v) is 7.54. The van der Waals surface area contributed by atoms with Gasteiger partial charge in [-0.1, -0.05) is 0 Å². The lowest BCUT2D eigenvalue weighted by Crippen LogP contribution is -2.44. The second kappa shape index (κ2) is 10.8. The van der Waals surface area contributed by atoms with Gasteiger partial charge in [0.1, 0.15) is 5.82 Å². The Balaban J connectivity index is 0.00000242. The van der Waals surface area contributed by atoms with Crippen LogP contribution in [0.2, 0.25) is 0 Å². The van der Waals surface area contributed by atoms with Crippen LogP contribution in [0.4, 0.5) is 4.39 Å². The maximum atomic E-state index is 13.4. The van der Waals surface area contributed by atoms with E-state index in [9.17, 15) is 12.8 Å². The minimum atomic E-state index is -3.64. The molecule has 0 aromatic heterocycles. The topological polar surface area (TPSA) is 61.4 Å². The van der Waals surface area contributed by atoms with Gasteiger partial charge < -0.3 is 10.2 Å². The first-order chi connectivity index (χ1) is 9.99. The average Bonchev–Trinajstić information content (AvgIpc) is 2.47. The fraction of sp³-hybridized carbons (Fsp3) is 0.538. The molecular weight excluding hydrogens is 432 g/mol. The number of benzene rings is 1. The lowest BCUT2D eigenvalue weighted by molar-refractivity contribution is 0.239. The van der Waals surface area contributed by atoms with E-state index in [0.717, 1.165) is 45.2 Å². The minimum absolute atomic E-state index is 0. The lowest BCUT2D eigenvalue weighted by atomic mass is 10.3. The van der Waals surface area contributed by atoms with Crippen molar-refractivity contribution in [1.82, 2.24) is 14.9 Å². The minimum Gasteiger partial charge on any atom is -0.314 e. The zero-order valence-electron chi connectivity index (χ0n) is 12.4. The maximum absolute atomic E-state index is 13.4. The van der Waals surface area contributed by atoms with E-state index in [2.05, 4.69) is 30.9 Å². The van der Waals surface area contributed by atoms with Crippen LogP contribution in [-0.2, 0) is 10.0 Å². The lowest BCUT2D eigenvalue weighted by Gasteiger charge is -2.27. The van der Waals surface area contributed by atoms with Crippen LogP contribution in [0.1, 0.15) is 6.42 Å². The number of hydrogen-bond donors (Lipinski definition) is 2. The normalized spacial score (nSPS) is 15.6. The molecule has 0 spiro atoms. The molecule has 0 aliphatic carbocycles. The summed E-state index contributed by atoms with van der Waals surface area (Å²) < 4.78 is 40.2. The fourth-order valence-electron chi connectivity index (χ4n) is 2.17. The molecule has 1 aromatic carbocycles. The molecule has 2 rings (SSSR count). The summed E-state index contributed by atoms with van der Waals surface area (Å²) in [6.07, 6.45) is 0.734. The summed E-state index contributed by atoms with van der Waals surface area (Å²) in [5.41, 5.74) is 0. The van der Waals surface area contributed by atoms with E-state index >= 15 is 0 Å². The average molecular weight is 453 g/mol. The van der Waals surface area contributed by atoms with Crippen molar-refractivity contribution in [1.29, 1.82) is 0 Å². The van der Waals surface area contributed by atoms with E-state index in [1.54, 1.807) is 0 Å². The van der Waals surface area contributed by atoms with Crippen LogP contribution >= 0.6 is 40.7 Å². The monoisotopic (exact) mass is 451 g/mol. The van der Waals surface area contributed by atoms with E-state index in [-0.39, 0.29) is 34.2 Å². The Morgan fingerprint density at radius 1 is 1.26 bits per heavy atom. The van der Waals surface area contributed by atoms with Crippen molar-refractivity contribution in [2.45, 2.75) is 11.3 Å². The van der Waals surface area contributed by atoms with Crippen LogP contribution in [-0.4, -0.2) is 52.6 Å². The Kier molecular flexibility index (Phi) is 10.8. The van der Waals surface area contributed by atoms with Gasteiger partial charge in [-0.25, -0.2) is 17.5 Å². The number of nitrogens with zero attached hydrogens (tertiary/aromatic N) is 1. The smallest absolute Gasteiger partial charge is 0.240 e. The van der Waals surface area contributed by atoms with Gasteiger partial charge in [0.25, 0.3) is 0 Å². The molecule has 1 aliphatic rings. The highest BCUT2D eigenvalue weighted by molar-refractivity contribution is 9.10. The first kappa shape index (κ1) is 23.0.